The minimum Gasteiger partial charge on any atom is -0.491 e. The molecule has 0 N–H and O–H groups in total. The number of hydrogen-bond donors (Lipinski definition) is 0. The van der Waals surface area contributed by atoms with E-state index < -0.39 is 0 Å². The van der Waals surface area contributed by atoms with Gasteiger partial charge in [-0.15, -0.1) is 0 Å². The summed E-state index contributed by atoms with van der Waals surface area (Å²) in [4.78, 5) is 0. The highest BCUT2D eigenvalue weighted by molar-refractivity contribution is 5.27. The molecule has 1 unspecified atom stereocenters. The second-order valence-electron chi connectivity index (χ2n) is 8.22. The van der Waals surface area contributed by atoms with Crippen LogP contribution < -0.4 is 4.74 Å². The molecule has 1 aliphatic heterocycles. The fraction of sp³-hybridized carbons (Fsp3) is 0.692. The molecule has 2 rings (SSSR count). The lowest BCUT2D eigenvalue weighted by Gasteiger charge is -2.06. The molecular weight excluding hydrogens is 344 g/mol. The van der Waals surface area contributed by atoms with E-state index >= 15 is 0 Å². The molecule has 1 atom stereocenters. The Balaban J connectivity index is 1.32. The smallest absolute Gasteiger partial charge is 0.119 e. The molecule has 0 amide bonds. The van der Waals surface area contributed by atoms with Gasteiger partial charge in [-0.3, -0.25) is 0 Å². The van der Waals surface area contributed by atoms with Crippen LogP contribution in [-0.4, -0.2) is 19.3 Å². The van der Waals surface area contributed by atoms with Gasteiger partial charge in [0, 0.05) is 0 Å². The number of hydrogen-bond acceptors (Lipinski definition) is 2. The summed E-state index contributed by atoms with van der Waals surface area (Å²) in [5.41, 5.74) is 1.43. The SMILES string of the molecule is CC/C=C/CCCCCCCCCCCCCc1ccc(OCC2CO2)cc1. The molecule has 0 saturated carbocycles. The van der Waals surface area contributed by atoms with Crippen molar-refractivity contribution in [2.45, 2.75) is 103 Å². The van der Waals surface area contributed by atoms with Crippen LogP contribution >= 0.6 is 0 Å². The van der Waals surface area contributed by atoms with E-state index in [2.05, 4.69) is 43.3 Å². The Morgan fingerprint density at radius 3 is 1.96 bits per heavy atom. The third-order valence-electron chi connectivity index (χ3n) is 5.50. The van der Waals surface area contributed by atoms with E-state index in [9.17, 15) is 0 Å². The number of unbranched alkanes of at least 4 members (excludes halogenated alkanes) is 11. The van der Waals surface area contributed by atoms with Crippen LogP contribution in [-0.2, 0) is 11.2 Å². The average Bonchev–Trinajstić information content (AvgIpc) is 3.55. The van der Waals surface area contributed by atoms with Crippen molar-refractivity contribution >= 4 is 0 Å². The van der Waals surface area contributed by atoms with Gasteiger partial charge in [0.1, 0.15) is 18.5 Å². The first-order valence-corrected chi connectivity index (χ1v) is 11.9. The van der Waals surface area contributed by atoms with Crippen LogP contribution in [0.1, 0.15) is 96.0 Å². The molecule has 1 aliphatic rings. The number of rotatable bonds is 18. The molecule has 158 valence electrons. The van der Waals surface area contributed by atoms with Crippen molar-refractivity contribution in [3.8, 4) is 5.75 Å². The molecule has 1 fully saturated rings. The van der Waals surface area contributed by atoms with E-state index in [0.29, 0.717) is 12.7 Å². The Hall–Kier alpha value is -1.28. The van der Waals surface area contributed by atoms with Gasteiger partial charge in [0.25, 0.3) is 0 Å². The molecule has 0 radical (unpaired) electrons. The van der Waals surface area contributed by atoms with E-state index in [1.165, 1.54) is 95.5 Å². The predicted molar refractivity (Wildman–Crippen MR) is 120 cm³/mol. The molecule has 1 saturated heterocycles. The van der Waals surface area contributed by atoms with E-state index in [1.807, 2.05) is 0 Å². The molecule has 2 heteroatoms. The van der Waals surface area contributed by atoms with E-state index in [-0.39, 0.29) is 0 Å². The molecular formula is C26H42O2. The minimum absolute atomic E-state index is 0.331. The van der Waals surface area contributed by atoms with Crippen LogP contribution in [0.5, 0.6) is 5.75 Å². The number of epoxide rings is 1. The van der Waals surface area contributed by atoms with Gasteiger partial charge >= 0.3 is 0 Å². The van der Waals surface area contributed by atoms with Crippen molar-refractivity contribution in [1.29, 1.82) is 0 Å². The second-order valence-corrected chi connectivity index (χ2v) is 8.22. The van der Waals surface area contributed by atoms with Crippen LogP contribution in [0.25, 0.3) is 0 Å². The van der Waals surface area contributed by atoms with Crippen molar-refractivity contribution in [3.05, 3.63) is 42.0 Å². The largest absolute Gasteiger partial charge is 0.491 e. The monoisotopic (exact) mass is 386 g/mol. The first kappa shape index (κ1) is 23.0. The van der Waals surface area contributed by atoms with Gasteiger partial charge in [0.2, 0.25) is 0 Å². The number of aryl methyl sites for hydroxylation is 1. The summed E-state index contributed by atoms with van der Waals surface area (Å²) in [6, 6.07) is 8.62. The number of ether oxygens (including phenoxy) is 2. The zero-order valence-electron chi connectivity index (χ0n) is 18.2. The highest BCUT2D eigenvalue weighted by atomic mass is 16.6. The predicted octanol–water partition coefficient (Wildman–Crippen LogP) is 7.65. The standard InChI is InChI=1S/C26H42O2/c1-2-3-4-5-6-7-8-9-10-11-12-13-14-15-16-17-24-18-20-25(21-19-24)27-22-26-23-28-26/h3-4,18-21,26H,2,5-17,22-23H2,1H3/b4-3+. The molecule has 2 nitrogen and oxygen atoms in total. The number of benzene rings is 1. The van der Waals surface area contributed by atoms with E-state index in [4.69, 9.17) is 9.47 Å². The fourth-order valence-corrected chi connectivity index (χ4v) is 3.57. The van der Waals surface area contributed by atoms with Crippen LogP contribution in [0.2, 0.25) is 0 Å². The van der Waals surface area contributed by atoms with Gasteiger partial charge in [-0.25, -0.2) is 0 Å². The first-order chi connectivity index (χ1) is 13.9. The topological polar surface area (TPSA) is 21.8 Å². The third kappa shape index (κ3) is 12.2. The van der Waals surface area contributed by atoms with Crippen molar-refractivity contribution in [1.82, 2.24) is 0 Å². The molecule has 0 bridgehead atoms. The summed E-state index contributed by atoms with van der Waals surface area (Å²) in [5.74, 6) is 0.965. The molecule has 0 aliphatic carbocycles. The van der Waals surface area contributed by atoms with Crippen LogP contribution in [0, 0.1) is 0 Å². The van der Waals surface area contributed by atoms with Gasteiger partial charge in [0.15, 0.2) is 0 Å². The van der Waals surface area contributed by atoms with Gasteiger partial charge in [-0.05, 0) is 49.8 Å². The van der Waals surface area contributed by atoms with Crippen LogP contribution in [0.4, 0.5) is 0 Å². The Morgan fingerprint density at radius 1 is 0.821 bits per heavy atom. The average molecular weight is 387 g/mol. The van der Waals surface area contributed by atoms with Crippen molar-refractivity contribution in [3.63, 3.8) is 0 Å². The lowest BCUT2D eigenvalue weighted by molar-refractivity contribution is 0.263. The van der Waals surface area contributed by atoms with E-state index in [0.717, 1.165) is 12.4 Å². The summed E-state index contributed by atoms with van der Waals surface area (Å²) in [6.45, 7) is 3.75. The maximum atomic E-state index is 5.69. The molecule has 0 spiro atoms. The second kappa shape index (κ2) is 15.6. The molecule has 28 heavy (non-hydrogen) atoms. The normalized spacial score (nSPS) is 16.0. The summed E-state index contributed by atoms with van der Waals surface area (Å²) in [6.07, 6.45) is 24.0. The van der Waals surface area contributed by atoms with Crippen molar-refractivity contribution in [2.75, 3.05) is 13.2 Å². The fourth-order valence-electron chi connectivity index (χ4n) is 3.57. The van der Waals surface area contributed by atoms with Gasteiger partial charge in [-0.2, -0.15) is 0 Å². The lowest BCUT2D eigenvalue weighted by Crippen LogP contribution is -2.03. The van der Waals surface area contributed by atoms with Gasteiger partial charge in [-0.1, -0.05) is 89.0 Å². The zero-order chi connectivity index (χ0) is 19.7. The van der Waals surface area contributed by atoms with Crippen molar-refractivity contribution < 1.29 is 9.47 Å². The van der Waals surface area contributed by atoms with Crippen LogP contribution in [0.3, 0.4) is 0 Å². The molecule has 1 aromatic rings. The molecule has 1 aromatic carbocycles. The summed E-state index contributed by atoms with van der Waals surface area (Å²) in [5, 5.41) is 0. The zero-order valence-corrected chi connectivity index (χ0v) is 18.2. The summed E-state index contributed by atoms with van der Waals surface area (Å²) < 4.78 is 10.9. The number of allylic oxidation sites excluding steroid dienone is 2. The third-order valence-corrected chi connectivity index (χ3v) is 5.50. The Kier molecular flexibility index (Phi) is 12.8. The maximum Gasteiger partial charge on any atom is 0.119 e. The van der Waals surface area contributed by atoms with Crippen molar-refractivity contribution in [2.24, 2.45) is 0 Å². The summed E-state index contributed by atoms with van der Waals surface area (Å²) >= 11 is 0. The highest BCUT2D eigenvalue weighted by Gasteiger charge is 2.22. The quantitative estimate of drug-likeness (QED) is 0.147. The Bertz CT molecular complexity index is 502. The van der Waals surface area contributed by atoms with E-state index in [1.54, 1.807) is 0 Å². The molecule has 0 aromatic heterocycles. The Morgan fingerprint density at radius 2 is 1.39 bits per heavy atom. The minimum atomic E-state index is 0.331. The first-order valence-electron chi connectivity index (χ1n) is 11.9. The van der Waals surface area contributed by atoms with Gasteiger partial charge < -0.3 is 9.47 Å². The van der Waals surface area contributed by atoms with Gasteiger partial charge in [0.05, 0.1) is 6.61 Å². The van der Waals surface area contributed by atoms with Crippen LogP contribution in [0.15, 0.2) is 36.4 Å². The summed E-state index contributed by atoms with van der Waals surface area (Å²) in [7, 11) is 0. The maximum absolute atomic E-state index is 5.69. The molecule has 1 heterocycles. The highest BCUT2D eigenvalue weighted by Crippen LogP contribution is 2.18. The lowest BCUT2D eigenvalue weighted by atomic mass is 10.0. The Labute approximate surface area is 173 Å².